The molecule has 1 fully saturated rings. The molecule has 1 aliphatic rings. The van der Waals surface area contributed by atoms with Gasteiger partial charge >= 0.3 is 6.03 Å². The summed E-state index contributed by atoms with van der Waals surface area (Å²) < 4.78 is 5.14. The van der Waals surface area contributed by atoms with Gasteiger partial charge in [0.15, 0.2) is 0 Å². The molecule has 0 aromatic heterocycles. The number of carbonyl (C=O) groups excluding carboxylic acids is 2. The van der Waals surface area contributed by atoms with Gasteiger partial charge in [0.2, 0.25) is 5.91 Å². The molecule has 0 bridgehead atoms. The van der Waals surface area contributed by atoms with E-state index in [4.69, 9.17) is 10.5 Å². The van der Waals surface area contributed by atoms with Crippen molar-refractivity contribution in [3.63, 3.8) is 0 Å². The maximum absolute atomic E-state index is 12.4. The lowest BCUT2D eigenvalue weighted by Crippen LogP contribution is -2.45. The molecule has 2 rings (SSSR count). The highest BCUT2D eigenvalue weighted by Crippen LogP contribution is 2.26. The van der Waals surface area contributed by atoms with Gasteiger partial charge in [0.25, 0.3) is 0 Å². The lowest BCUT2D eigenvalue weighted by Gasteiger charge is -2.33. The summed E-state index contributed by atoms with van der Waals surface area (Å²) in [4.78, 5) is 27.6. The van der Waals surface area contributed by atoms with Crippen LogP contribution in [-0.2, 0) is 4.79 Å². The molecule has 0 saturated carbocycles. The van der Waals surface area contributed by atoms with Gasteiger partial charge in [0.05, 0.1) is 18.5 Å². The summed E-state index contributed by atoms with van der Waals surface area (Å²) in [5.74, 6) is 0.453. The van der Waals surface area contributed by atoms with Gasteiger partial charge in [-0.1, -0.05) is 0 Å². The minimum atomic E-state index is -0.119. The van der Waals surface area contributed by atoms with Gasteiger partial charge in [-0.15, -0.1) is 12.4 Å². The van der Waals surface area contributed by atoms with E-state index in [1.165, 1.54) is 0 Å². The van der Waals surface area contributed by atoms with E-state index in [2.05, 4.69) is 5.32 Å². The number of hydrogen-bond donors (Lipinski definition) is 2. The summed E-state index contributed by atoms with van der Waals surface area (Å²) in [6.07, 6.45) is 1.30. The van der Waals surface area contributed by atoms with Crippen LogP contribution in [0.1, 0.15) is 12.8 Å². The Kier molecular flexibility index (Phi) is 7.16. The first-order chi connectivity index (χ1) is 10.9. The van der Waals surface area contributed by atoms with Crippen molar-refractivity contribution in [2.24, 2.45) is 5.92 Å². The fourth-order valence-corrected chi connectivity index (χ4v) is 2.62. The van der Waals surface area contributed by atoms with Gasteiger partial charge in [-0.3, -0.25) is 4.79 Å². The molecule has 8 heteroatoms. The number of piperidine rings is 1. The number of hydrogen-bond acceptors (Lipinski definition) is 4. The first-order valence-corrected chi connectivity index (χ1v) is 7.63. The van der Waals surface area contributed by atoms with E-state index in [1.807, 2.05) is 0 Å². The third-order valence-electron chi connectivity index (χ3n) is 4.04. The maximum atomic E-state index is 12.4. The first-order valence-electron chi connectivity index (χ1n) is 7.63. The summed E-state index contributed by atoms with van der Waals surface area (Å²) in [5.41, 5.74) is 6.94. The number of amides is 3. The molecule has 1 aromatic rings. The number of likely N-dealkylation sites (tertiary alicyclic amines) is 1. The molecule has 3 N–H and O–H groups in total. The second-order valence-electron chi connectivity index (χ2n) is 5.88. The summed E-state index contributed by atoms with van der Waals surface area (Å²) in [7, 11) is 5.02. The third-order valence-corrected chi connectivity index (χ3v) is 4.04. The number of methoxy groups -OCH3 is 1. The standard InChI is InChI=1S/C16H24N4O3.ClH/c1-19(2)16(22)20-8-6-11(7-9-20)15(21)18-14-10-12(23-3)4-5-13(14)17;/h4-5,10-11H,6-9,17H2,1-3H3,(H,18,21);1H. The number of nitrogens with zero attached hydrogens (tertiary/aromatic N) is 2. The van der Waals surface area contributed by atoms with E-state index in [0.29, 0.717) is 43.1 Å². The van der Waals surface area contributed by atoms with E-state index in [0.717, 1.165) is 0 Å². The van der Waals surface area contributed by atoms with Gasteiger partial charge in [0, 0.05) is 39.2 Å². The Morgan fingerprint density at radius 1 is 1.29 bits per heavy atom. The van der Waals surface area contributed by atoms with Gasteiger partial charge in [-0.25, -0.2) is 4.79 Å². The molecular weight excluding hydrogens is 332 g/mol. The molecule has 0 unspecified atom stereocenters. The fraction of sp³-hybridized carbons (Fsp3) is 0.500. The zero-order chi connectivity index (χ0) is 17.0. The molecule has 0 atom stereocenters. The van der Waals surface area contributed by atoms with Crippen molar-refractivity contribution in [2.75, 3.05) is 45.3 Å². The molecule has 1 aromatic carbocycles. The van der Waals surface area contributed by atoms with Crippen molar-refractivity contribution in [1.29, 1.82) is 0 Å². The zero-order valence-corrected chi connectivity index (χ0v) is 15.1. The molecule has 0 radical (unpaired) electrons. The molecule has 0 aliphatic carbocycles. The van der Waals surface area contributed by atoms with Gasteiger partial charge < -0.3 is 25.6 Å². The summed E-state index contributed by atoms with van der Waals surface area (Å²) in [6.45, 7) is 1.17. The third kappa shape index (κ3) is 4.67. The molecule has 7 nitrogen and oxygen atoms in total. The molecule has 1 saturated heterocycles. The number of nitrogens with two attached hydrogens (primary N) is 1. The zero-order valence-electron chi connectivity index (χ0n) is 14.2. The van der Waals surface area contributed by atoms with E-state index in [1.54, 1.807) is 49.2 Å². The number of rotatable bonds is 3. The van der Waals surface area contributed by atoms with E-state index < -0.39 is 0 Å². The normalized spacial score (nSPS) is 14.5. The second kappa shape index (κ2) is 8.63. The number of nitrogens with one attached hydrogen (secondary N) is 1. The number of urea groups is 1. The Balaban J connectivity index is 0.00000288. The van der Waals surface area contributed by atoms with E-state index in [-0.39, 0.29) is 30.3 Å². The predicted octanol–water partition coefficient (Wildman–Crippen LogP) is 2.03. The van der Waals surface area contributed by atoms with Crippen molar-refractivity contribution >= 4 is 35.7 Å². The van der Waals surface area contributed by atoms with Crippen LogP contribution in [0.3, 0.4) is 0 Å². The van der Waals surface area contributed by atoms with Crippen LogP contribution in [0.15, 0.2) is 18.2 Å². The lowest BCUT2D eigenvalue weighted by atomic mass is 9.96. The SMILES string of the molecule is COc1ccc(N)c(NC(=O)C2CCN(C(=O)N(C)C)CC2)c1.Cl. The van der Waals surface area contributed by atoms with E-state index in [9.17, 15) is 9.59 Å². The van der Waals surface area contributed by atoms with Crippen LogP contribution in [0.25, 0.3) is 0 Å². The quantitative estimate of drug-likeness (QED) is 0.811. The van der Waals surface area contributed by atoms with Gasteiger partial charge in [0.1, 0.15) is 5.75 Å². The highest BCUT2D eigenvalue weighted by Gasteiger charge is 2.28. The maximum Gasteiger partial charge on any atom is 0.319 e. The van der Waals surface area contributed by atoms with Crippen LogP contribution >= 0.6 is 12.4 Å². The van der Waals surface area contributed by atoms with Crippen molar-refractivity contribution in [3.8, 4) is 5.75 Å². The first kappa shape index (κ1) is 19.9. The fourth-order valence-electron chi connectivity index (χ4n) is 2.62. The van der Waals surface area contributed by atoms with Crippen LogP contribution in [0.5, 0.6) is 5.75 Å². The number of benzene rings is 1. The minimum absolute atomic E-state index is 0. The molecule has 0 spiro atoms. The second-order valence-corrected chi connectivity index (χ2v) is 5.88. The highest BCUT2D eigenvalue weighted by atomic mass is 35.5. The average Bonchev–Trinajstić information content (AvgIpc) is 2.56. The number of anilines is 2. The number of halogens is 1. The summed E-state index contributed by atoms with van der Waals surface area (Å²) in [5, 5.41) is 2.86. The van der Waals surface area contributed by atoms with Crippen molar-refractivity contribution in [2.45, 2.75) is 12.8 Å². The van der Waals surface area contributed by atoms with E-state index >= 15 is 0 Å². The minimum Gasteiger partial charge on any atom is -0.497 e. The monoisotopic (exact) mass is 356 g/mol. The van der Waals surface area contributed by atoms with Crippen LogP contribution in [0, 0.1) is 5.92 Å². The van der Waals surface area contributed by atoms with Crippen LogP contribution < -0.4 is 15.8 Å². The van der Waals surface area contributed by atoms with Gasteiger partial charge in [-0.05, 0) is 25.0 Å². The molecule has 3 amide bonds. The highest BCUT2D eigenvalue weighted by molar-refractivity contribution is 5.95. The molecule has 1 aliphatic heterocycles. The Morgan fingerprint density at radius 2 is 1.92 bits per heavy atom. The van der Waals surface area contributed by atoms with Crippen LogP contribution in [0.2, 0.25) is 0 Å². The summed E-state index contributed by atoms with van der Waals surface area (Å²) >= 11 is 0. The Morgan fingerprint density at radius 3 is 2.46 bits per heavy atom. The molecular formula is C16H25ClN4O3. The Bertz CT molecular complexity index is 587. The number of carbonyl (C=O) groups is 2. The van der Waals surface area contributed by atoms with Crippen molar-refractivity contribution in [3.05, 3.63) is 18.2 Å². The smallest absolute Gasteiger partial charge is 0.319 e. The van der Waals surface area contributed by atoms with Crippen LogP contribution in [0.4, 0.5) is 16.2 Å². The largest absolute Gasteiger partial charge is 0.497 e. The lowest BCUT2D eigenvalue weighted by molar-refractivity contribution is -0.121. The number of ether oxygens (including phenoxy) is 1. The number of nitrogen functional groups attached to an aromatic ring is 1. The van der Waals surface area contributed by atoms with Crippen LogP contribution in [-0.4, -0.2) is 56.0 Å². The topological polar surface area (TPSA) is 87.9 Å². The Hall–Kier alpha value is -2.15. The molecule has 24 heavy (non-hydrogen) atoms. The summed E-state index contributed by atoms with van der Waals surface area (Å²) in [6, 6.07) is 5.14. The Labute approximate surface area is 148 Å². The molecule has 1 heterocycles. The average molecular weight is 357 g/mol. The van der Waals surface area contributed by atoms with Crippen molar-refractivity contribution in [1.82, 2.24) is 9.80 Å². The van der Waals surface area contributed by atoms with Gasteiger partial charge in [-0.2, -0.15) is 0 Å². The predicted molar refractivity (Wildman–Crippen MR) is 96.7 cm³/mol. The molecule has 134 valence electrons. The van der Waals surface area contributed by atoms with Crippen molar-refractivity contribution < 1.29 is 14.3 Å².